The number of oxazole rings is 1. The first-order valence-corrected chi connectivity index (χ1v) is 8.95. The van der Waals surface area contributed by atoms with Gasteiger partial charge in [0.25, 0.3) is 5.91 Å². The molecule has 1 aromatic carbocycles. The third-order valence-electron chi connectivity index (χ3n) is 4.64. The molecule has 5 nitrogen and oxygen atoms in total. The number of aromatic nitrogens is 1. The van der Waals surface area contributed by atoms with Crippen LogP contribution in [-0.4, -0.2) is 34.9 Å². The molecule has 2 heterocycles. The second kappa shape index (κ2) is 7.40. The third-order valence-corrected chi connectivity index (χ3v) is 4.64. The molecule has 0 radical (unpaired) electrons. The van der Waals surface area contributed by atoms with E-state index in [2.05, 4.69) is 36.0 Å². The van der Waals surface area contributed by atoms with E-state index in [1.54, 1.807) is 6.26 Å². The van der Waals surface area contributed by atoms with E-state index in [0.29, 0.717) is 0 Å². The van der Waals surface area contributed by atoms with Gasteiger partial charge >= 0.3 is 0 Å². The van der Waals surface area contributed by atoms with E-state index in [0.717, 1.165) is 49.6 Å². The Morgan fingerprint density at radius 2 is 1.92 bits per heavy atom. The topological polar surface area (TPSA) is 58.4 Å². The number of piperidine rings is 1. The van der Waals surface area contributed by atoms with Crippen molar-refractivity contribution in [3.05, 3.63) is 53.7 Å². The monoisotopic (exact) mass is 341 g/mol. The van der Waals surface area contributed by atoms with Crippen molar-refractivity contribution in [2.24, 2.45) is 0 Å². The highest BCUT2D eigenvalue weighted by Gasteiger charge is 2.23. The van der Waals surface area contributed by atoms with Crippen molar-refractivity contribution < 1.29 is 9.21 Å². The number of amides is 1. The van der Waals surface area contributed by atoms with Crippen LogP contribution in [0, 0.1) is 0 Å². The number of nitrogens with one attached hydrogen (secondary N) is 1. The molecule has 1 N–H and O–H groups in total. The molecule has 0 unspecified atom stereocenters. The van der Waals surface area contributed by atoms with Gasteiger partial charge in [0.15, 0.2) is 0 Å². The summed E-state index contributed by atoms with van der Waals surface area (Å²) >= 11 is 0. The number of hydrogen-bond donors (Lipinski definition) is 1. The summed E-state index contributed by atoms with van der Waals surface area (Å²) in [5, 5.41) is 3.14. The Morgan fingerprint density at radius 3 is 2.52 bits per heavy atom. The standard InChI is InChI=1S/C20H27N3O2/c1-20(2,3)17-14-25-18(22-17)13-23-11-9-16(10-12-23)21-19(24)15-7-5-4-6-8-15/h4-8,14,16H,9-13H2,1-3H3,(H,21,24). The summed E-state index contributed by atoms with van der Waals surface area (Å²) < 4.78 is 5.62. The second-order valence-corrected chi connectivity index (χ2v) is 7.77. The van der Waals surface area contributed by atoms with E-state index >= 15 is 0 Å². The van der Waals surface area contributed by atoms with Crippen LogP contribution in [0.15, 0.2) is 41.0 Å². The first-order chi connectivity index (χ1) is 11.9. The molecular formula is C20H27N3O2. The molecule has 3 rings (SSSR count). The largest absolute Gasteiger partial charge is 0.447 e. The summed E-state index contributed by atoms with van der Waals surface area (Å²) in [6, 6.07) is 9.63. The summed E-state index contributed by atoms with van der Waals surface area (Å²) in [6.07, 6.45) is 3.67. The van der Waals surface area contributed by atoms with Crippen molar-refractivity contribution >= 4 is 5.91 Å². The molecule has 0 saturated carbocycles. The maximum Gasteiger partial charge on any atom is 0.251 e. The fourth-order valence-electron chi connectivity index (χ4n) is 3.01. The first-order valence-electron chi connectivity index (χ1n) is 8.95. The number of nitrogens with zero attached hydrogens (tertiary/aromatic N) is 2. The van der Waals surface area contributed by atoms with Crippen molar-refractivity contribution in [3.63, 3.8) is 0 Å². The van der Waals surface area contributed by atoms with E-state index in [9.17, 15) is 4.79 Å². The molecule has 0 aliphatic carbocycles. The number of benzene rings is 1. The van der Waals surface area contributed by atoms with Gasteiger partial charge < -0.3 is 9.73 Å². The van der Waals surface area contributed by atoms with Crippen LogP contribution in [0.5, 0.6) is 0 Å². The number of carbonyl (C=O) groups excluding carboxylic acids is 1. The Morgan fingerprint density at radius 1 is 1.24 bits per heavy atom. The van der Waals surface area contributed by atoms with Gasteiger partial charge in [0.2, 0.25) is 5.89 Å². The minimum absolute atomic E-state index is 0.0104. The van der Waals surface area contributed by atoms with Crippen LogP contribution >= 0.6 is 0 Å². The summed E-state index contributed by atoms with van der Waals surface area (Å²) in [4.78, 5) is 19.2. The lowest BCUT2D eigenvalue weighted by Gasteiger charge is -2.31. The van der Waals surface area contributed by atoms with Crippen molar-refractivity contribution in [2.75, 3.05) is 13.1 Å². The fraction of sp³-hybridized carbons (Fsp3) is 0.500. The zero-order valence-corrected chi connectivity index (χ0v) is 15.3. The highest BCUT2D eigenvalue weighted by molar-refractivity contribution is 5.94. The molecule has 5 heteroatoms. The number of rotatable bonds is 4. The van der Waals surface area contributed by atoms with Crippen LogP contribution in [0.4, 0.5) is 0 Å². The molecule has 25 heavy (non-hydrogen) atoms. The van der Waals surface area contributed by atoms with Gasteiger partial charge in [-0.05, 0) is 25.0 Å². The molecule has 1 aliphatic heterocycles. The van der Waals surface area contributed by atoms with E-state index in [4.69, 9.17) is 4.42 Å². The minimum atomic E-state index is 0.0104. The lowest BCUT2D eigenvalue weighted by Crippen LogP contribution is -2.44. The van der Waals surface area contributed by atoms with Gasteiger partial charge in [-0.1, -0.05) is 39.0 Å². The van der Waals surface area contributed by atoms with Gasteiger partial charge in [-0.25, -0.2) is 4.98 Å². The van der Waals surface area contributed by atoms with Crippen molar-refractivity contribution in [1.29, 1.82) is 0 Å². The molecule has 134 valence electrons. The Labute approximate surface area is 149 Å². The van der Waals surface area contributed by atoms with Gasteiger partial charge in [-0.15, -0.1) is 0 Å². The molecular weight excluding hydrogens is 314 g/mol. The zero-order valence-electron chi connectivity index (χ0n) is 15.3. The highest BCUT2D eigenvalue weighted by Crippen LogP contribution is 2.22. The normalized spacial score (nSPS) is 16.8. The zero-order chi connectivity index (χ0) is 17.9. The lowest BCUT2D eigenvalue weighted by molar-refractivity contribution is 0.0905. The Kier molecular flexibility index (Phi) is 5.23. The average Bonchev–Trinajstić information content (AvgIpc) is 3.06. The Balaban J connectivity index is 1.47. The summed E-state index contributed by atoms with van der Waals surface area (Å²) in [6.45, 7) is 9.01. The van der Waals surface area contributed by atoms with E-state index in [1.807, 2.05) is 30.3 Å². The Hall–Kier alpha value is -2.14. The SMILES string of the molecule is CC(C)(C)c1coc(CN2CCC(NC(=O)c3ccccc3)CC2)n1. The fourth-order valence-corrected chi connectivity index (χ4v) is 3.01. The predicted octanol–water partition coefficient (Wildman–Crippen LogP) is 3.37. The van der Waals surface area contributed by atoms with Crippen LogP contribution in [0.3, 0.4) is 0 Å². The van der Waals surface area contributed by atoms with E-state index in [1.165, 1.54) is 0 Å². The van der Waals surface area contributed by atoms with Crippen LogP contribution < -0.4 is 5.32 Å². The van der Waals surface area contributed by atoms with E-state index < -0.39 is 0 Å². The van der Waals surface area contributed by atoms with Gasteiger partial charge in [-0.2, -0.15) is 0 Å². The first kappa shape index (κ1) is 17.7. The highest BCUT2D eigenvalue weighted by atomic mass is 16.3. The quantitative estimate of drug-likeness (QED) is 0.926. The molecule has 1 aliphatic rings. The third kappa shape index (κ3) is 4.69. The molecule has 1 amide bonds. The van der Waals surface area contributed by atoms with Crippen LogP contribution in [-0.2, 0) is 12.0 Å². The molecule has 2 aromatic rings. The Bertz CT molecular complexity index is 695. The number of likely N-dealkylation sites (tertiary alicyclic amines) is 1. The van der Waals surface area contributed by atoms with Crippen molar-refractivity contribution in [2.45, 2.75) is 51.6 Å². The molecule has 1 aromatic heterocycles. The smallest absolute Gasteiger partial charge is 0.251 e. The summed E-state index contributed by atoms with van der Waals surface area (Å²) in [5.41, 5.74) is 1.73. The number of hydrogen-bond acceptors (Lipinski definition) is 4. The predicted molar refractivity (Wildman–Crippen MR) is 97.4 cm³/mol. The second-order valence-electron chi connectivity index (χ2n) is 7.77. The van der Waals surface area contributed by atoms with Crippen molar-refractivity contribution in [3.8, 4) is 0 Å². The van der Waals surface area contributed by atoms with Gasteiger partial charge in [0, 0.05) is 30.1 Å². The van der Waals surface area contributed by atoms with Gasteiger partial charge in [0.05, 0.1) is 12.2 Å². The van der Waals surface area contributed by atoms with Crippen LogP contribution in [0.2, 0.25) is 0 Å². The van der Waals surface area contributed by atoms with Crippen LogP contribution in [0.1, 0.15) is 55.6 Å². The average molecular weight is 341 g/mol. The molecule has 1 fully saturated rings. The minimum Gasteiger partial charge on any atom is -0.447 e. The molecule has 1 saturated heterocycles. The van der Waals surface area contributed by atoms with Crippen LogP contribution in [0.25, 0.3) is 0 Å². The maximum atomic E-state index is 12.2. The molecule has 0 bridgehead atoms. The van der Waals surface area contributed by atoms with Gasteiger partial charge in [-0.3, -0.25) is 9.69 Å². The summed E-state index contributed by atoms with van der Waals surface area (Å²) in [7, 11) is 0. The molecule has 0 atom stereocenters. The van der Waals surface area contributed by atoms with Crippen molar-refractivity contribution in [1.82, 2.24) is 15.2 Å². The lowest BCUT2D eigenvalue weighted by atomic mass is 9.93. The maximum absolute atomic E-state index is 12.2. The van der Waals surface area contributed by atoms with Gasteiger partial charge in [0.1, 0.15) is 6.26 Å². The summed E-state index contributed by atoms with van der Waals surface area (Å²) in [5.74, 6) is 0.790. The number of carbonyl (C=O) groups is 1. The molecule has 0 spiro atoms. The van der Waals surface area contributed by atoms with E-state index in [-0.39, 0.29) is 17.4 Å².